The van der Waals surface area contributed by atoms with E-state index in [2.05, 4.69) is 5.32 Å². The molecule has 0 heterocycles. The molecule has 0 radical (unpaired) electrons. The number of hydrogen-bond donors (Lipinski definition) is 3. The Morgan fingerprint density at radius 1 is 1.25 bits per heavy atom. The van der Waals surface area contributed by atoms with Crippen molar-refractivity contribution in [3.63, 3.8) is 0 Å². The van der Waals surface area contributed by atoms with Gasteiger partial charge in [-0.3, -0.25) is 4.79 Å². The zero-order chi connectivity index (χ0) is 14.7. The second-order valence-electron chi connectivity index (χ2n) is 4.82. The van der Waals surface area contributed by atoms with E-state index in [1.165, 1.54) is 6.07 Å². The summed E-state index contributed by atoms with van der Waals surface area (Å²) in [5.41, 5.74) is 8.72. The molecule has 2 aromatic carbocycles. The first kappa shape index (κ1) is 13.9. The van der Waals surface area contributed by atoms with Gasteiger partial charge in [0.2, 0.25) is 0 Å². The van der Waals surface area contributed by atoms with Gasteiger partial charge in [-0.25, -0.2) is 0 Å². The Bertz CT molecular complexity index is 638. The monoisotopic (exact) mass is 270 g/mol. The van der Waals surface area contributed by atoms with Gasteiger partial charge < -0.3 is 16.2 Å². The Hall–Kier alpha value is -2.49. The summed E-state index contributed by atoms with van der Waals surface area (Å²) in [4.78, 5) is 12.2. The molecule has 2 rings (SSSR count). The molecule has 4 N–H and O–H groups in total. The summed E-state index contributed by atoms with van der Waals surface area (Å²) in [6.07, 6.45) is 0. The molecule has 1 atom stereocenters. The Balaban J connectivity index is 2.17. The number of aryl methyl sites for hydroxylation is 1. The van der Waals surface area contributed by atoms with Gasteiger partial charge >= 0.3 is 0 Å². The smallest absolute Gasteiger partial charge is 0.252 e. The van der Waals surface area contributed by atoms with E-state index in [9.17, 15) is 9.90 Å². The van der Waals surface area contributed by atoms with Crippen LogP contribution in [0.3, 0.4) is 0 Å². The number of rotatable bonds is 3. The van der Waals surface area contributed by atoms with Crippen LogP contribution in [0.5, 0.6) is 5.75 Å². The number of carbonyl (C=O) groups is 1. The van der Waals surface area contributed by atoms with Crippen LogP contribution in [0.2, 0.25) is 0 Å². The number of nitrogen functional groups attached to an aromatic ring is 1. The van der Waals surface area contributed by atoms with Crippen LogP contribution in [0, 0.1) is 6.92 Å². The van der Waals surface area contributed by atoms with Gasteiger partial charge in [-0.2, -0.15) is 0 Å². The van der Waals surface area contributed by atoms with Gasteiger partial charge in [0, 0.05) is 11.3 Å². The number of para-hydroxylation sites is 1. The van der Waals surface area contributed by atoms with Crippen LogP contribution in [0.4, 0.5) is 5.69 Å². The molecule has 0 saturated heterocycles. The van der Waals surface area contributed by atoms with E-state index in [-0.39, 0.29) is 17.7 Å². The van der Waals surface area contributed by atoms with Crippen molar-refractivity contribution in [1.82, 2.24) is 5.32 Å². The normalized spacial score (nSPS) is 11.9. The Kier molecular flexibility index (Phi) is 3.94. The summed E-state index contributed by atoms with van der Waals surface area (Å²) < 4.78 is 0. The minimum absolute atomic E-state index is 0.152. The maximum Gasteiger partial charge on any atom is 0.252 e. The van der Waals surface area contributed by atoms with Crippen LogP contribution >= 0.6 is 0 Å². The first-order valence-corrected chi connectivity index (χ1v) is 6.44. The number of nitrogens with two attached hydrogens (primary N) is 1. The van der Waals surface area contributed by atoms with Crippen molar-refractivity contribution in [2.24, 2.45) is 0 Å². The number of phenols is 1. The SMILES string of the molecule is Cc1cc(O)ccc1C(=O)NC(C)c1ccccc1N. The standard InChI is InChI=1S/C16H18N2O2/c1-10-9-12(19)7-8-13(10)16(20)18-11(2)14-5-3-4-6-15(14)17/h3-9,11,19H,17H2,1-2H3,(H,18,20). The molecule has 0 aliphatic rings. The first-order chi connectivity index (χ1) is 9.49. The fraction of sp³-hybridized carbons (Fsp3) is 0.188. The van der Waals surface area contributed by atoms with Crippen LogP contribution in [0.25, 0.3) is 0 Å². The molecule has 0 bridgehead atoms. The van der Waals surface area contributed by atoms with Gasteiger partial charge in [-0.1, -0.05) is 18.2 Å². The van der Waals surface area contributed by atoms with Crippen molar-refractivity contribution in [3.8, 4) is 5.75 Å². The molecular weight excluding hydrogens is 252 g/mol. The fourth-order valence-corrected chi connectivity index (χ4v) is 2.16. The predicted molar refractivity (Wildman–Crippen MR) is 79.6 cm³/mol. The van der Waals surface area contributed by atoms with Gasteiger partial charge in [-0.05, 0) is 49.2 Å². The van der Waals surface area contributed by atoms with Gasteiger partial charge in [0.1, 0.15) is 5.75 Å². The molecule has 2 aromatic rings. The zero-order valence-corrected chi connectivity index (χ0v) is 11.6. The maximum atomic E-state index is 12.2. The predicted octanol–water partition coefficient (Wildman–Crippen LogP) is 2.77. The second kappa shape index (κ2) is 5.65. The van der Waals surface area contributed by atoms with E-state index in [1.54, 1.807) is 19.1 Å². The third-order valence-electron chi connectivity index (χ3n) is 3.26. The second-order valence-corrected chi connectivity index (χ2v) is 4.82. The van der Waals surface area contributed by atoms with E-state index in [0.29, 0.717) is 11.3 Å². The van der Waals surface area contributed by atoms with Crippen molar-refractivity contribution in [3.05, 3.63) is 59.2 Å². The quantitative estimate of drug-likeness (QED) is 0.751. The summed E-state index contributed by atoms with van der Waals surface area (Å²) in [5.74, 6) is -0.0299. The largest absolute Gasteiger partial charge is 0.508 e. The maximum absolute atomic E-state index is 12.2. The topological polar surface area (TPSA) is 75.3 Å². The van der Waals surface area contributed by atoms with Crippen LogP contribution in [-0.2, 0) is 0 Å². The molecular formula is C16H18N2O2. The third-order valence-corrected chi connectivity index (χ3v) is 3.26. The highest BCUT2D eigenvalue weighted by Gasteiger charge is 2.14. The van der Waals surface area contributed by atoms with Crippen molar-refractivity contribution in [2.45, 2.75) is 19.9 Å². The number of nitrogens with one attached hydrogen (secondary N) is 1. The Labute approximate surface area is 118 Å². The fourth-order valence-electron chi connectivity index (χ4n) is 2.16. The third kappa shape index (κ3) is 2.91. The van der Waals surface area contributed by atoms with Gasteiger partial charge in [0.05, 0.1) is 6.04 Å². The number of hydrogen-bond acceptors (Lipinski definition) is 3. The lowest BCUT2D eigenvalue weighted by Crippen LogP contribution is -2.27. The van der Waals surface area contributed by atoms with Gasteiger partial charge in [0.25, 0.3) is 5.91 Å². The summed E-state index contributed by atoms with van der Waals surface area (Å²) in [5, 5.41) is 12.3. The number of carbonyl (C=O) groups excluding carboxylic acids is 1. The first-order valence-electron chi connectivity index (χ1n) is 6.44. The van der Waals surface area contributed by atoms with E-state index in [1.807, 2.05) is 31.2 Å². The molecule has 0 aliphatic carbocycles. The molecule has 0 fully saturated rings. The summed E-state index contributed by atoms with van der Waals surface area (Å²) in [7, 11) is 0. The van der Waals surface area contributed by atoms with Crippen LogP contribution in [0.15, 0.2) is 42.5 Å². The molecule has 1 unspecified atom stereocenters. The highest BCUT2D eigenvalue weighted by Crippen LogP contribution is 2.21. The van der Waals surface area contributed by atoms with Gasteiger partial charge in [-0.15, -0.1) is 0 Å². The summed E-state index contributed by atoms with van der Waals surface area (Å²) in [6, 6.07) is 11.9. The molecule has 1 amide bonds. The lowest BCUT2D eigenvalue weighted by molar-refractivity contribution is 0.0939. The van der Waals surface area contributed by atoms with Crippen molar-refractivity contribution < 1.29 is 9.90 Å². The average molecular weight is 270 g/mol. The zero-order valence-electron chi connectivity index (χ0n) is 11.6. The van der Waals surface area contributed by atoms with E-state index < -0.39 is 0 Å². The molecule has 4 nitrogen and oxygen atoms in total. The Morgan fingerprint density at radius 3 is 2.60 bits per heavy atom. The van der Waals surface area contributed by atoms with Crippen LogP contribution in [0.1, 0.15) is 34.5 Å². The highest BCUT2D eigenvalue weighted by atomic mass is 16.3. The molecule has 4 heteroatoms. The lowest BCUT2D eigenvalue weighted by atomic mass is 10.0. The highest BCUT2D eigenvalue weighted by molar-refractivity contribution is 5.96. The van der Waals surface area contributed by atoms with E-state index in [4.69, 9.17) is 5.73 Å². The molecule has 20 heavy (non-hydrogen) atoms. The minimum Gasteiger partial charge on any atom is -0.508 e. The van der Waals surface area contributed by atoms with Crippen molar-refractivity contribution >= 4 is 11.6 Å². The number of anilines is 1. The van der Waals surface area contributed by atoms with Gasteiger partial charge in [0.15, 0.2) is 0 Å². The molecule has 0 saturated carbocycles. The Morgan fingerprint density at radius 2 is 1.95 bits per heavy atom. The molecule has 0 spiro atoms. The molecule has 0 aliphatic heterocycles. The summed E-state index contributed by atoms with van der Waals surface area (Å²) >= 11 is 0. The van der Waals surface area contributed by atoms with Crippen molar-refractivity contribution in [2.75, 3.05) is 5.73 Å². The summed E-state index contributed by atoms with van der Waals surface area (Å²) in [6.45, 7) is 3.68. The number of benzene rings is 2. The number of amides is 1. The molecule has 0 aromatic heterocycles. The van der Waals surface area contributed by atoms with E-state index >= 15 is 0 Å². The van der Waals surface area contributed by atoms with Crippen LogP contribution < -0.4 is 11.1 Å². The van der Waals surface area contributed by atoms with Crippen molar-refractivity contribution in [1.29, 1.82) is 0 Å². The molecule has 104 valence electrons. The lowest BCUT2D eigenvalue weighted by Gasteiger charge is -2.17. The number of phenolic OH excluding ortho intramolecular Hbond substituents is 1. The van der Waals surface area contributed by atoms with Crippen LogP contribution in [-0.4, -0.2) is 11.0 Å². The minimum atomic E-state index is -0.183. The van der Waals surface area contributed by atoms with E-state index in [0.717, 1.165) is 11.1 Å². The number of aromatic hydroxyl groups is 1. The average Bonchev–Trinajstić information content (AvgIpc) is 2.38.